The van der Waals surface area contributed by atoms with Crippen LogP contribution in [0.15, 0.2) is 64.2 Å². The van der Waals surface area contributed by atoms with Gasteiger partial charge in [-0.25, -0.2) is 14.1 Å². The Hall–Kier alpha value is -3.30. The fourth-order valence-electron chi connectivity index (χ4n) is 6.61. The van der Waals surface area contributed by atoms with Gasteiger partial charge in [0.05, 0.1) is 12.3 Å². The summed E-state index contributed by atoms with van der Waals surface area (Å²) in [6.07, 6.45) is 12.8. The van der Waals surface area contributed by atoms with Crippen molar-refractivity contribution in [2.24, 2.45) is 10.9 Å². The van der Waals surface area contributed by atoms with Crippen molar-refractivity contribution in [3.05, 3.63) is 76.4 Å². The van der Waals surface area contributed by atoms with E-state index in [9.17, 15) is 9.18 Å². The molecule has 8 nitrogen and oxygen atoms in total. The number of carbonyl (C=O) groups is 1. The summed E-state index contributed by atoms with van der Waals surface area (Å²) < 4.78 is 15.3. The maximum Gasteiger partial charge on any atom is 0.274 e. The second-order valence-electron chi connectivity index (χ2n) is 11.3. The largest absolute Gasteiger partial charge is 0.298 e. The highest BCUT2D eigenvalue weighted by atomic mass is 19.1. The van der Waals surface area contributed by atoms with Gasteiger partial charge in [-0.15, -0.1) is 5.10 Å². The van der Waals surface area contributed by atoms with Gasteiger partial charge in [-0.3, -0.25) is 14.6 Å². The number of benzene rings is 1. The molecule has 9 heteroatoms. The number of carbonyl (C=O) groups excluding carboxylic acids is 1. The van der Waals surface area contributed by atoms with Gasteiger partial charge in [0.25, 0.3) is 5.91 Å². The van der Waals surface area contributed by atoms with E-state index in [1.165, 1.54) is 49.8 Å². The highest BCUT2D eigenvalue weighted by Crippen LogP contribution is 2.36. The van der Waals surface area contributed by atoms with Gasteiger partial charge in [-0.2, -0.15) is 0 Å². The fourth-order valence-corrected chi connectivity index (χ4v) is 6.61. The van der Waals surface area contributed by atoms with Crippen LogP contribution in [0, 0.1) is 11.7 Å². The molecule has 39 heavy (non-hydrogen) atoms. The highest BCUT2D eigenvalue weighted by Gasteiger charge is 2.39. The molecule has 1 aromatic carbocycles. The summed E-state index contributed by atoms with van der Waals surface area (Å²) in [6.45, 7) is 8.05. The number of nitrogens with zero attached hydrogens (tertiary/aromatic N) is 7. The zero-order chi connectivity index (χ0) is 26.9. The van der Waals surface area contributed by atoms with Crippen LogP contribution >= 0.6 is 0 Å². The van der Waals surface area contributed by atoms with Gasteiger partial charge in [0.15, 0.2) is 5.82 Å². The van der Waals surface area contributed by atoms with Crippen molar-refractivity contribution in [1.29, 1.82) is 0 Å². The van der Waals surface area contributed by atoms with E-state index in [0.29, 0.717) is 24.0 Å². The van der Waals surface area contributed by atoms with Gasteiger partial charge < -0.3 is 0 Å². The fraction of sp³-hybridized carbons (Fsp3) is 0.500. The number of piperazine rings is 1. The molecule has 2 unspecified atom stereocenters. The van der Waals surface area contributed by atoms with E-state index in [4.69, 9.17) is 0 Å². The first-order valence-corrected chi connectivity index (χ1v) is 14.2. The summed E-state index contributed by atoms with van der Waals surface area (Å²) in [7, 11) is 0. The normalized spacial score (nSPS) is 24.0. The summed E-state index contributed by atoms with van der Waals surface area (Å²) >= 11 is 0. The molecule has 204 valence electrons. The van der Waals surface area contributed by atoms with Crippen LogP contribution in [-0.4, -0.2) is 73.8 Å². The van der Waals surface area contributed by atoms with Crippen molar-refractivity contribution in [2.75, 3.05) is 26.2 Å². The quantitative estimate of drug-likeness (QED) is 0.556. The Kier molecular flexibility index (Phi) is 7.36. The molecule has 0 spiro atoms. The summed E-state index contributed by atoms with van der Waals surface area (Å²) in [4.78, 5) is 23.2. The van der Waals surface area contributed by atoms with Gasteiger partial charge in [-0.05, 0) is 60.4 Å². The summed E-state index contributed by atoms with van der Waals surface area (Å²) in [5.74, 6) is 0.0665. The second kappa shape index (κ2) is 11.1. The number of fused-ring (bicyclic) bond motifs is 1. The number of aromatic nitrogens is 4. The predicted molar refractivity (Wildman–Crippen MR) is 148 cm³/mol. The van der Waals surface area contributed by atoms with Crippen LogP contribution in [-0.2, 0) is 11.3 Å². The maximum absolute atomic E-state index is 13.6. The van der Waals surface area contributed by atoms with Crippen molar-refractivity contribution >= 4 is 11.6 Å². The molecule has 0 bridgehead atoms. The van der Waals surface area contributed by atoms with Crippen molar-refractivity contribution in [2.45, 2.75) is 64.6 Å². The molecule has 1 saturated carbocycles. The van der Waals surface area contributed by atoms with Crippen LogP contribution in [0.2, 0.25) is 0 Å². The number of aliphatic imine (C=N–C) groups is 1. The van der Waals surface area contributed by atoms with Crippen LogP contribution in [0.3, 0.4) is 0 Å². The third kappa shape index (κ3) is 5.43. The van der Waals surface area contributed by atoms with Gasteiger partial charge in [0.2, 0.25) is 0 Å². The first-order chi connectivity index (χ1) is 19.0. The lowest BCUT2D eigenvalue weighted by molar-refractivity contribution is -0.115. The molecule has 4 aliphatic rings. The van der Waals surface area contributed by atoms with Gasteiger partial charge in [-0.1, -0.05) is 55.2 Å². The molecule has 6 rings (SSSR count). The molecule has 1 aromatic heterocycles. The monoisotopic (exact) mass is 529 g/mol. The second-order valence-corrected chi connectivity index (χ2v) is 11.3. The molecule has 2 fully saturated rings. The maximum atomic E-state index is 13.6. The van der Waals surface area contributed by atoms with Crippen LogP contribution < -0.4 is 0 Å². The Bertz CT molecular complexity index is 1340. The average molecular weight is 530 g/mol. The minimum absolute atomic E-state index is 0.0462. The van der Waals surface area contributed by atoms with Crippen molar-refractivity contribution in [3.8, 4) is 0 Å². The molecule has 2 aliphatic carbocycles. The van der Waals surface area contributed by atoms with Crippen LogP contribution in [0.5, 0.6) is 0 Å². The van der Waals surface area contributed by atoms with Gasteiger partial charge in [0.1, 0.15) is 11.9 Å². The van der Waals surface area contributed by atoms with E-state index in [2.05, 4.69) is 55.5 Å². The predicted octanol–water partition coefficient (Wildman–Crippen LogP) is 4.28. The SMILES string of the molecule is CC1=CC2C=C(C(c3nnnn3Cc3ccc(F)cc3)N3CCN(C4CCCCC4)CC3)C(=O)N=C2C(C)=C1. The van der Waals surface area contributed by atoms with E-state index in [1.54, 1.807) is 16.8 Å². The van der Waals surface area contributed by atoms with E-state index in [1.807, 2.05) is 6.92 Å². The molecule has 3 heterocycles. The Labute approximate surface area is 229 Å². The summed E-state index contributed by atoms with van der Waals surface area (Å²) in [6, 6.07) is 6.62. The first kappa shape index (κ1) is 26.0. The number of hydrogen-bond acceptors (Lipinski definition) is 6. The van der Waals surface area contributed by atoms with Crippen molar-refractivity contribution in [3.63, 3.8) is 0 Å². The first-order valence-electron chi connectivity index (χ1n) is 14.2. The van der Waals surface area contributed by atoms with Crippen molar-refractivity contribution < 1.29 is 9.18 Å². The number of rotatable bonds is 6. The molecular weight excluding hydrogens is 493 g/mol. The number of hydrogen-bond donors (Lipinski definition) is 0. The molecular formula is C30H36FN7O. The molecule has 2 atom stereocenters. The van der Waals surface area contributed by atoms with E-state index in [0.717, 1.165) is 43.0 Å². The number of dihydropyridines is 1. The molecule has 1 amide bonds. The zero-order valence-electron chi connectivity index (χ0n) is 22.8. The Balaban J connectivity index is 1.32. The standard InChI is InChI=1S/C30H36FN7O/c1-20-16-21(2)27-23(17-20)18-26(30(39)32-27)28(37-14-12-36(13-15-37)25-6-4-3-5-7-25)29-33-34-35-38(29)19-22-8-10-24(31)11-9-22/h8-11,16-18,23,25,28H,3-7,12-15,19H2,1-2H3. The number of halogens is 1. The lowest BCUT2D eigenvalue weighted by Crippen LogP contribution is -2.52. The molecule has 0 radical (unpaired) electrons. The van der Waals surface area contributed by atoms with E-state index in [-0.39, 0.29) is 17.6 Å². The number of allylic oxidation sites excluding steroid dienone is 5. The third-order valence-electron chi connectivity index (χ3n) is 8.58. The Morgan fingerprint density at radius 1 is 1.00 bits per heavy atom. The Morgan fingerprint density at radius 3 is 2.49 bits per heavy atom. The van der Waals surface area contributed by atoms with Gasteiger partial charge in [0, 0.05) is 43.7 Å². The average Bonchev–Trinajstić information content (AvgIpc) is 3.39. The number of amides is 1. The third-order valence-corrected chi connectivity index (χ3v) is 8.58. The minimum Gasteiger partial charge on any atom is -0.298 e. The zero-order valence-corrected chi connectivity index (χ0v) is 22.8. The number of tetrazole rings is 1. The van der Waals surface area contributed by atoms with E-state index < -0.39 is 6.04 Å². The van der Waals surface area contributed by atoms with Crippen LogP contribution in [0.4, 0.5) is 4.39 Å². The van der Waals surface area contributed by atoms with Gasteiger partial charge >= 0.3 is 0 Å². The summed E-state index contributed by atoms with van der Waals surface area (Å²) in [5, 5.41) is 12.8. The lowest BCUT2D eigenvalue weighted by Gasteiger charge is -2.43. The molecule has 2 aliphatic heterocycles. The topological polar surface area (TPSA) is 79.5 Å². The molecule has 0 N–H and O–H groups in total. The highest BCUT2D eigenvalue weighted by molar-refractivity contribution is 6.16. The van der Waals surface area contributed by atoms with E-state index >= 15 is 0 Å². The summed E-state index contributed by atoms with van der Waals surface area (Å²) in [5.41, 5.74) is 4.54. The molecule has 2 aromatic rings. The van der Waals surface area contributed by atoms with Crippen LogP contribution in [0.25, 0.3) is 0 Å². The lowest BCUT2D eigenvalue weighted by atomic mass is 9.84. The van der Waals surface area contributed by atoms with Crippen LogP contribution in [0.1, 0.15) is 63.4 Å². The van der Waals surface area contributed by atoms with Crippen molar-refractivity contribution in [1.82, 2.24) is 30.0 Å². The minimum atomic E-state index is -0.410. The molecule has 1 saturated heterocycles. The smallest absolute Gasteiger partial charge is 0.274 e. The Morgan fingerprint density at radius 2 is 1.74 bits per heavy atom.